The normalized spacial score (nSPS) is 12.5. The van der Waals surface area contributed by atoms with Gasteiger partial charge in [-0.05, 0) is 12.0 Å². The van der Waals surface area contributed by atoms with Crippen molar-refractivity contribution in [2.75, 3.05) is 0 Å². The summed E-state index contributed by atoms with van der Waals surface area (Å²) in [5.41, 5.74) is 11.3. The summed E-state index contributed by atoms with van der Waals surface area (Å²) in [7, 11) is 0. The van der Waals surface area contributed by atoms with Gasteiger partial charge in [0.25, 0.3) is 0 Å². The molecule has 0 heterocycles. The first-order valence-corrected chi connectivity index (χ1v) is 5.38. The molecule has 0 aliphatic rings. The predicted molar refractivity (Wildman–Crippen MR) is 65.8 cm³/mol. The molecule has 0 saturated carbocycles. The second-order valence-corrected chi connectivity index (χ2v) is 3.80. The molecule has 90 valence electrons. The van der Waals surface area contributed by atoms with Crippen molar-refractivity contribution in [3.8, 4) is 0 Å². The van der Waals surface area contributed by atoms with E-state index in [1.165, 1.54) is 0 Å². The largest absolute Gasteiger partial charge is 0.370 e. The maximum atomic E-state index is 11.0. The van der Waals surface area contributed by atoms with Gasteiger partial charge in [0.2, 0.25) is 11.8 Å². The number of carbonyl (C=O) groups is 2. The second-order valence-electron chi connectivity index (χ2n) is 3.80. The Labute approximate surface area is 100 Å². The first-order chi connectivity index (χ1) is 8.09. The Hall–Kier alpha value is -2.10. The van der Waals surface area contributed by atoms with E-state index in [1.807, 2.05) is 36.4 Å². The molecule has 1 aromatic carbocycles. The van der Waals surface area contributed by atoms with Gasteiger partial charge >= 0.3 is 0 Å². The van der Waals surface area contributed by atoms with Gasteiger partial charge in [0.1, 0.15) is 0 Å². The van der Waals surface area contributed by atoms with Gasteiger partial charge in [0.05, 0.1) is 5.92 Å². The number of allylic oxidation sites excluding steroid dienone is 1. The molecule has 0 unspecified atom stereocenters. The van der Waals surface area contributed by atoms with E-state index in [0.29, 0.717) is 6.42 Å². The van der Waals surface area contributed by atoms with E-state index in [9.17, 15) is 9.59 Å². The lowest BCUT2D eigenvalue weighted by Gasteiger charge is -2.05. The minimum absolute atomic E-state index is 0.0410. The quantitative estimate of drug-likeness (QED) is 0.709. The van der Waals surface area contributed by atoms with Crippen molar-refractivity contribution >= 4 is 11.8 Å². The van der Waals surface area contributed by atoms with Crippen LogP contribution in [0.3, 0.4) is 0 Å². The van der Waals surface area contributed by atoms with Gasteiger partial charge in [0.15, 0.2) is 0 Å². The van der Waals surface area contributed by atoms with Crippen LogP contribution in [-0.2, 0) is 16.0 Å². The van der Waals surface area contributed by atoms with Gasteiger partial charge in [-0.2, -0.15) is 0 Å². The van der Waals surface area contributed by atoms with Crippen molar-refractivity contribution in [3.63, 3.8) is 0 Å². The predicted octanol–water partition coefficient (Wildman–Crippen LogP) is 0.762. The summed E-state index contributed by atoms with van der Waals surface area (Å²) in [4.78, 5) is 21.8. The van der Waals surface area contributed by atoms with Crippen molar-refractivity contribution < 1.29 is 9.59 Å². The van der Waals surface area contributed by atoms with Gasteiger partial charge < -0.3 is 11.5 Å². The highest BCUT2D eigenvalue weighted by Gasteiger charge is 2.13. The molecule has 0 aromatic heterocycles. The summed E-state index contributed by atoms with van der Waals surface area (Å²) in [5.74, 6) is -1.68. The van der Waals surface area contributed by atoms with Gasteiger partial charge in [-0.1, -0.05) is 42.5 Å². The molecule has 1 rings (SSSR count). The van der Waals surface area contributed by atoms with Crippen LogP contribution in [0.1, 0.15) is 12.0 Å². The molecular weight excluding hydrogens is 216 g/mol. The van der Waals surface area contributed by atoms with Gasteiger partial charge in [0, 0.05) is 6.42 Å². The van der Waals surface area contributed by atoms with E-state index < -0.39 is 17.7 Å². The summed E-state index contributed by atoms with van der Waals surface area (Å²) in [5, 5.41) is 0. The molecule has 17 heavy (non-hydrogen) atoms. The highest BCUT2D eigenvalue weighted by Crippen LogP contribution is 2.06. The second kappa shape index (κ2) is 6.48. The van der Waals surface area contributed by atoms with Crippen molar-refractivity contribution in [3.05, 3.63) is 48.0 Å². The maximum Gasteiger partial charge on any atom is 0.224 e. The van der Waals surface area contributed by atoms with E-state index in [4.69, 9.17) is 11.5 Å². The number of rotatable bonds is 6. The number of hydrogen-bond acceptors (Lipinski definition) is 2. The molecule has 4 N–H and O–H groups in total. The van der Waals surface area contributed by atoms with E-state index >= 15 is 0 Å². The fourth-order valence-electron chi connectivity index (χ4n) is 1.46. The molecule has 0 fully saturated rings. The number of carbonyl (C=O) groups excluding carboxylic acids is 2. The molecule has 2 amide bonds. The number of nitrogens with two attached hydrogens (primary N) is 2. The molecule has 4 nitrogen and oxygen atoms in total. The topological polar surface area (TPSA) is 86.2 Å². The Bertz CT molecular complexity index is 413. The number of primary amides is 2. The maximum absolute atomic E-state index is 11.0. The van der Waals surface area contributed by atoms with E-state index in [1.54, 1.807) is 6.08 Å². The number of amides is 2. The molecule has 4 heteroatoms. The zero-order valence-electron chi connectivity index (χ0n) is 9.50. The van der Waals surface area contributed by atoms with E-state index in [2.05, 4.69) is 0 Å². The van der Waals surface area contributed by atoms with Crippen molar-refractivity contribution in [2.45, 2.75) is 12.8 Å². The Morgan fingerprint density at radius 1 is 1.18 bits per heavy atom. The molecule has 1 aromatic rings. The summed E-state index contributed by atoms with van der Waals surface area (Å²) in [6.07, 6.45) is 4.12. The molecular formula is C13H16N2O2. The average Bonchev–Trinajstić information content (AvgIpc) is 2.28. The lowest BCUT2D eigenvalue weighted by atomic mass is 10.0. The smallest absolute Gasteiger partial charge is 0.224 e. The zero-order chi connectivity index (χ0) is 12.7. The summed E-state index contributed by atoms with van der Waals surface area (Å²) in [6, 6.07) is 9.79. The Morgan fingerprint density at radius 2 is 1.82 bits per heavy atom. The Morgan fingerprint density at radius 3 is 2.35 bits per heavy atom. The summed E-state index contributed by atoms with van der Waals surface area (Å²) >= 11 is 0. The van der Waals surface area contributed by atoms with Gasteiger partial charge in [-0.3, -0.25) is 9.59 Å². The van der Waals surface area contributed by atoms with E-state index in [-0.39, 0.29) is 6.42 Å². The third-order valence-corrected chi connectivity index (χ3v) is 2.35. The van der Waals surface area contributed by atoms with Crippen LogP contribution >= 0.6 is 0 Å². The van der Waals surface area contributed by atoms with Crippen LogP contribution in [0.2, 0.25) is 0 Å². The minimum atomic E-state index is -0.615. The third kappa shape index (κ3) is 4.97. The summed E-state index contributed by atoms with van der Waals surface area (Å²) < 4.78 is 0. The fraction of sp³-hybridized carbons (Fsp3) is 0.231. The Balaban J connectivity index is 2.55. The zero-order valence-corrected chi connectivity index (χ0v) is 9.50. The van der Waals surface area contributed by atoms with Crippen molar-refractivity contribution in [1.29, 1.82) is 0 Å². The minimum Gasteiger partial charge on any atom is -0.370 e. The monoisotopic (exact) mass is 232 g/mol. The number of benzene rings is 1. The van der Waals surface area contributed by atoms with Crippen molar-refractivity contribution in [2.24, 2.45) is 17.4 Å². The fourth-order valence-corrected chi connectivity index (χ4v) is 1.46. The van der Waals surface area contributed by atoms with Crippen LogP contribution in [0.15, 0.2) is 42.5 Å². The van der Waals surface area contributed by atoms with Crippen LogP contribution in [0, 0.1) is 5.92 Å². The van der Waals surface area contributed by atoms with Crippen LogP contribution in [0.5, 0.6) is 0 Å². The van der Waals surface area contributed by atoms with Crippen LogP contribution in [0.25, 0.3) is 0 Å². The first-order valence-electron chi connectivity index (χ1n) is 5.38. The van der Waals surface area contributed by atoms with Crippen molar-refractivity contribution in [1.82, 2.24) is 0 Å². The molecule has 0 bridgehead atoms. The van der Waals surface area contributed by atoms with E-state index in [0.717, 1.165) is 5.56 Å². The number of hydrogen-bond donors (Lipinski definition) is 2. The average molecular weight is 232 g/mol. The molecule has 0 aliphatic carbocycles. The SMILES string of the molecule is NC(=O)C[C@H](C=CCc1ccccc1)C(N)=O. The third-order valence-electron chi connectivity index (χ3n) is 2.35. The van der Waals surface area contributed by atoms with Gasteiger partial charge in [-0.15, -0.1) is 0 Å². The Kier molecular flexibility index (Phi) is 4.94. The molecule has 1 atom stereocenters. The van der Waals surface area contributed by atoms with Crippen LogP contribution in [0.4, 0.5) is 0 Å². The highest BCUT2D eigenvalue weighted by atomic mass is 16.2. The lowest BCUT2D eigenvalue weighted by Crippen LogP contribution is -2.26. The standard InChI is InChI=1S/C13H16N2O2/c14-12(16)9-11(13(15)17)8-4-7-10-5-2-1-3-6-10/h1-6,8,11H,7,9H2,(H2,14,16)(H2,15,17)/t11-/m0/s1. The highest BCUT2D eigenvalue weighted by molar-refractivity contribution is 5.85. The lowest BCUT2D eigenvalue weighted by molar-refractivity contribution is -0.125. The molecule has 0 saturated heterocycles. The van der Waals surface area contributed by atoms with Gasteiger partial charge in [-0.25, -0.2) is 0 Å². The molecule has 0 radical (unpaired) electrons. The van der Waals surface area contributed by atoms with Crippen LogP contribution < -0.4 is 11.5 Å². The first kappa shape index (κ1) is 13.0. The summed E-state index contributed by atoms with van der Waals surface area (Å²) in [6.45, 7) is 0. The molecule has 0 aliphatic heterocycles. The van der Waals surface area contributed by atoms with Crippen LogP contribution in [-0.4, -0.2) is 11.8 Å². The molecule has 0 spiro atoms.